The van der Waals surface area contributed by atoms with Crippen molar-refractivity contribution in [3.63, 3.8) is 0 Å². The lowest BCUT2D eigenvalue weighted by Crippen LogP contribution is -2.37. The zero-order valence-corrected chi connectivity index (χ0v) is 16.7. The van der Waals surface area contributed by atoms with Crippen molar-refractivity contribution in [1.29, 1.82) is 0 Å². The summed E-state index contributed by atoms with van der Waals surface area (Å²) < 4.78 is 10.4. The molecule has 3 heterocycles. The van der Waals surface area contributed by atoms with Gasteiger partial charge in [0.15, 0.2) is 0 Å². The number of anilines is 1. The molecule has 0 atom stereocenters. The predicted molar refractivity (Wildman–Crippen MR) is 107 cm³/mol. The fourth-order valence-electron chi connectivity index (χ4n) is 3.10. The van der Waals surface area contributed by atoms with Crippen LogP contribution in [-0.4, -0.2) is 80.4 Å². The lowest BCUT2D eigenvalue weighted by atomic mass is 10.2. The summed E-state index contributed by atoms with van der Waals surface area (Å²) in [5.41, 5.74) is 0.918. The van der Waals surface area contributed by atoms with Gasteiger partial charge in [-0.25, -0.2) is 9.97 Å². The van der Waals surface area contributed by atoms with E-state index in [2.05, 4.69) is 25.5 Å². The van der Waals surface area contributed by atoms with Crippen LogP contribution in [0.25, 0.3) is 10.2 Å². The number of thiophene rings is 1. The fraction of sp³-hybridized carbons (Fsp3) is 0.611. The van der Waals surface area contributed by atoms with Gasteiger partial charge in [-0.05, 0) is 25.5 Å². The number of aromatic nitrogens is 2. The fourth-order valence-corrected chi connectivity index (χ4v) is 4.17. The molecule has 9 heteroatoms. The highest BCUT2D eigenvalue weighted by Crippen LogP contribution is 2.33. The number of hydrogen-bond acceptors (Lipinski definition) is 8. The van der Waals surface area contributed by atoms with E-state index >= 15 is 0 Å². The zero-order valence-electron chi connectivity index (χ0n) is 15.9. The Hall–Kier alpha value is -1.81. The lowest BCUT2D eigenvalue weighted by Gasteiger charge is -2.26. The highest BCUT2D eigenvalue weighted by Gasteiger charge is 2.19. The number of hydrogen-bond donors (Lipinski definition) is 2. The van der Waals surface area contributed by atoms with Crippen LogP contribution < -0.4 is 10.6 Å². The van der Waals surface area contributed by atoms with E-state index in [0.717, 1.165) is 67.4 Å². The largest absolute Gasteiger partial charge is 0.383 e. The molecule has 0 radical (unpaired) electrons. The summed E-state index contributed by atoms with van der Waals surface area (Å²) in [6.07, 6.45) is 2.58. The summed E-state index contributed by atoms with van der Waals surface area (Å²) in [5.74, 6) is 0.706. The van der Waals surface area contributed by atoms with Crippen LogP contribution in [0.3, 0.4) is 0 Å². The number of amides is 1. The molecule has 2 aromatic rings. The zero-order chi connectivity index (χ0) is 19.1. The Morgan fingerprint density at radius 3 is 2.93 bits per heavy atom. The number of aryl methyl sites for hydroxylation is 1. The molecular weight excluding hydrogens is 366 g/mol. The summed E-state index contributed by atoms with van der Waals surface area (Å²) in [7, 11) is 1.61. The van der Waals surface area contributed by atoms with Gasteiger partial charge in [0.2, 0.25) is 0 Å². The first-order valence-corrected chi connectivity index (χ1v) is 10.1. The third kappa shape index (κ3) is 5.13. The third-order valence-corrected chi connectivity index (χ3v) is 5.77. The number of rotatable bonds is 9. The van der Waals surface area contributed by atoms with Gasteiger partial charge in [0.05, 0.1) is 30.1 Å². The van der Waals surface area contributed by atoms with Crippen molar-refractivity contribution in [2.75, 3.05) is 65.0 Å². The number of ether oxygens (including phenoxy) is 2. The molecule has 8 nitrogen and oxygen atoms in total. The molecule has 3 rings (SSSR count). The molecule has 0 saturated carbocycles. The van der Waals surface area contributed by atoms with Gasteiger partial charge >= 0.3 is 0 Å². The summed E-state index contributed by atoms with van der Waals surface area (Å²) in [4.78, 5) is 25.1. The molecule has 1 saturated heterocycles. The molecule has 1 amide bonds. The Bertz CT molecular complexity index is 761. The lowest BCUT2D eigenvalue weighted by molar-refractivity contribution is 0.0378. The minimum absolute atomic E-state index is 0.0918. The second-order valence-corrected chi connectivity index (χ2v) is 7.44. The second-order valence-electron chi connectivity index (χ2n) is 6.44. The standard InChI is InChI=1S/C18H27N5O3S/c1-13-14-16(19-4-3-6-23-7-10-26-11-8-23)21-12-22-18(14)27-15(13)17(24)20-5-9-25-2/h12H,3-11H2,1-2H3,(H,20,24)(H,19,21,22). The van der Waals surface area contributed by atoms with Crippen LogP contribution >= 0.6 is 11.3 Å². The maximum absolute atomic E-state index is 12.4. The number of nitrogens with one attached hydrogen (secondary N) is 2. The van der Waals surface area contributed by atoms with Crippen LogP contribution in [0, 0.1) is 6.92 Å². The van der Waals surface area contributed by atoms with Gasteiger partial charge in [0.1, 0.15) is 17.0 Å². The van der Waals surface area contributed by atoms with Gasteiger partial charge < -0.3 is 20.1 Å². The van der Waals surface area contributed by atoms with Crippen LogP contribution in [0.5, 0.6) is 0 Å². The average Bonchev–Trinajstić information content (AvgIpc) is 3.04. The van der Waals surface area contributed by atoms with Gasteiger partial charge in [-0.1, -0.05) is 0 Å². The quantitative estimate of drug-likeness (QED) is 0.624. The van der Waals surface area contributed by atoms with Crippen molar-refractivity contribution in [2.24, 2.45) is 0 Å². The second kappa shape index (κ2) is 9.93. The van der Waals surface area contributed by atoms with E-state index in [1.807, 2.05) is 6.92 Å². The van der Waals surface area contributed by atoms with E-state index in [4.69, 9.17) is 9.47 Å². The van der Waals surface area contributed by atoms with Crippen molar-refractivity contribution < 1.29 is 14.3 Å². The van der Waals surface area contributed by atoms with Crippen molar-refractivity contribution >= 4 is 33.3 Å². The normalized spacial score (nSPS) is 15.2. The van der Waals surface area contributed by atoms with Crippen LogP contribution in [0.15, 0.2) is 6.33 Å². The number of methoxy groups -OCH3 is 1. The SMILES string of the molecule is COCCNC(=O)c1sc2ncnc(NCCCN3CCOCC3)c2c1C. The molecule has 148 valence electrons. The van der Waals surface area contributed by atoms with Crippen LogP contribution in [0.2, 0.25) is 0 Å². The molecule has 0 unspecified atom stereocenters. The van der Waals surface area contributed by atoms with E-state index in [1.165, 1.54) is 11.3 Å². The van der Waals surface area contributed by atoms with Gasteiger partial charge in [-0.3, -0.25) is 9.69 Å². The molecule has 1 fully saturated rings. The summed E-state index contributed by atoms with van der Waals surface area (Å²) in [5, 5.41) is 7.23. The van der Waals surface area contributed by atoms with E-state index in [9.17, 15) is 4.79 Å². The predicted octanol–water partition coefficient (Wildman–Crippen LogP) is 1.51. The minimum Gasteiger partial charge on any atom is -0.383 e. The molecule has 2 N–H and O–H groups in total. The van der Waals surface area contributed by atoms with Crippen LogP contribution in [-0.2, 0) is 9.47 Å². The first kappa shape index (κ1) is 19.9. The first-order valence-electron chi connectivity index (χ1n) is 9.26. The molecule has 0 spiro atoms. The minimum atomic E-state index is -0.0918. The Morgan fingerprint density at radius 1 is 1.33 bits per heavy atom. The number of carbonyl (C=O) groups is 1. The Labute approximate surface area is 163 Å². The van der Waals surface area contributed by atoms with Crippen LogP contribution in [0.4, 0.5) is 5.82 Å². The number of carbonyl (C=O) groups excluding carboxylic acids is 1. The smallest absolute Gasteiger partial charge is 0.261 e. The maximum Gasteiger partial charge on any atom is 0.261 e. The summed E-state index contributed by atoms with van der Waals surface area (Å²) in [6, 6.07) is 0. The van der Waals surface area contributed by atoms with Gasteiger partial charge in [0, 0.05) is 33.3 Å². The van der Waals surface area contributed by atoms with Gasteiger partial charge in [-0.15, -0.1) is 11.3 Å². The molecular formula is C18H27N5O3S. The van der Waals surface area contributed by atoms with Crippen molar-refractivity contribution in [3.8, 4) is 0 Å². The van der Waals surface area contributed by atoms with Crippen molar-refractivity contribution in [2.45, 2.75) is 13.3 Å². The maximum atomic E-state index is 12.4. The molecule has 0 bridgehead atoms. The molecule has 27 heavy (non-hydrogen) atoms. The van der Waals surface area contributed by atoms with E-state index < -0.39 is 0 Å². The molecule has 0 aromatic carbocycles. The molecule has 1 aliphatic rings. The van der Waals surface area contributed by atoms with E-state index in [1.54, 1.807) is 13.4 Å². The number of fused-ring (bicyclic) bond motifs is 1. The van der Waals surface area contributed by atoms with Crippen molar-refractivity contribution in [1.82, 2.24) is 20.2 Å². The summed E-state index contributed by atoms with van der Waals surface area (Å²) >= 11 is 1.40. The summed E-state index contributed by atoms with van der Waals surface area (Å²) in [6.45, 7) is 8.45. The monoisotopic (exact) mass is 393 g/mol. The van der Waals surface area contributed by atoms with Crippen molar-refractivity contribution in [3.05, 3.63) is 16.8 Å². The Morgan fingerprint density at radius 2 is 2.15 bits per heavy atom. The first-order chi connectivity index (χ1) is 13.2. The van der Waals surface area contributed by atoms with Crippen LogP contribution in [0.1, 0.15) is 21.7 Å². The van der Waals surface area contributed by atoms with E-state index in [0.29, 0.717) is 18.0 Å². The Kier molecular flexibility index (Phi) is 7.33. The number of nitrogens with zero attached hydrogens (tertiary/aromatic N) is 3. The molecule has 2 aromatic heterocycles. The highest BCUT2D eigenvalue weighted by atomic mass is 32.1. The van der Waals surface area contributed by atoms with Gasteiger partial charge in [-0.2, -0.15) is 0 Å². The number of morpholine rings is 1. The Balaban J connectivity index is 1.62. The molecule has 1 aliphatic heterocycles. The van der Waals surface area contributed by atoms with E-state index in [-0.39, 0.29) is 5.91 Å². The topological polar surface area (TPSA) is 88.6 Å². The highest BCUT2D eigenvalue weighted by molar-refractivity contribution is 7.20. The van der Waals surface area contributed by atoms with Gasteiger partial charge in [0.25, 0.3) is 5.91 Å². The average molecular weight is 394 g/mol. The molecule has 0 aliphatic carbocycles. The third-order valence-electron chi connectivity index (χ3n) is 4.57.